The van der Waals surface area contributed by atoms with E-state index in [1.807, 2.05) is 13.0 Å². The van der Waals surface area contributed by atoms with Crippen LogP contribution in [0, 0.1) is 6.92 Å². The van der Waals surface area contributed by atoms with Crippen molar-refractivity contribution in [3.8, 4) is 0 Å². The molecule has 2 aromatic rings. The van der Waals surface area contributed by atoms with Gasteiger partial charge < -0.3 is 10.4 Å². The maximum absolute atomic E-state index is 11.0. The van der Waals surface area contributed by atoms with Crippen LogP contribution in [0.4, 0.5) is 0 Å². The number of hydrogen-bond acceptors (Lipinski definition) is 3. The Kier molecular flexibility index (Phi) is 3.33. The molecule has 1 heterocycles. The lowest BCUT2D eigenvalue weighted by Crippen LogP contribution is -2.24. The van der Waals surface area contributed by atoms with Gasteiger partial charge in [0, 0.05) is 12.3 Å². The number of aliphatic carboxylic acids is 1. The molecule has 0 spiro atoms. The van der Waals surface area contributed by atoms with Crippen molar-refractivity contribution >= 4 is 28.9 Å². The fourth-order valence-corrected chi connectivity index (χ4v) is 1.86. The Labute approximate surface area is 109 Å². The molecular formula is C13H13N3O3. The highest BCUT2D eigenvalue weighted by molar-refractivity contribution is 5.97. The lowest BCUT2D eigenvalue weighted by molar-refractivity contribution is -0.134. The number of rotatable bonds is 3. The summed E-state index contributed by atoms with van der Waals surface area (Å²) in [5, 5.41) is 19.0. The van der Waals surface area contributed by atoms with Gasteiger partial charge in [-0.15, -0.1) is 0 Å². The van der Waals surface area contributed by atoms with E-state index in [0.29, 0.717) is 5.56 Å². The number of aryl methyl sites for hydroxylation is 1. The molecule has 0 saturated heterocycles. The molecule has 0 bridgehead atoms. The molecule has 19 heavy (non-hydrogen) atoms. The normalized spacial score (nSPS) is 11.6. The minimum Gasteiger partial charge on any atom is -0.477 e. The molecule has 0 aliphatic carbocycles. The number of fused-ring (bicyclic) bond motifs is 1. The number of nitrogens with zero attached hydrogens (tertiary/aromatic N) is 1. The van der Waals surface area contributed by atoms with Crippen molar-refractivity contribution in [1.29, 1.82) is 0 Å². The second kappa shape index (κ2) is 4.93. The number of carboxylic acids is 1. The lowest BCUT2D eigenvalue weighted by Gasteiger charge is -2.04. The molecule has 0 aliphatic rings. The summed E-state index contributed by atoms with van der Waals surface area (Å²) in [6.45, 7) is 3.16. The molecule has 1 amide bonds. The number of carbonyl (C=O) groups is 2. The zero-order valence-electron chi connectivity index (χ0n) is 10.5. The molecule has 2 rings (SSSR count). The zero-order valence-corrected chi connectivity index (χ0v) is 10.5. The van der Waals surface area contributed by atoms with Gasteiger partial charge in [-0.05, 0) is 36.3 Å². The molecule has 0 atom stereocenters. The van der Waals surface area contributed by atoms with Gasteiger partial charge in [-0.1, -0.05) is 0 Å². The SMILES string of the molecule is CC(=O)N/C(=C/c1cc(C)c2[nH]ncc2c1)C(=O)O. The topological polar surface area (TPSA) is 95.1 Å². The Morgan fingerprint density at radius 1 is 1.42 bits per heavy atom. The average molecular weight is 259 g/mol. The standard InChI is InChI=1S/C13H13N3O3/c1-7-3-9(4-10-6-14-16-12(7)10)5-11(13(18)19)15-8(2)17/h3-6H,1-2H3,(H,14,16)(H,15,17)(H,18,19)/b11-5+. The molecule has 0 saturated carbocycles. The summed E-state index contributed by atoms with van der Waals surface area (Å²) < 4.78 is 0. The predicted octanol–water partition coefficient (Wildman–Crippen LogP) is 1.43. The van der Waals surface area contributed by atoms with Gasteiger partial charge in [0.05, 0.1) is 11.7 Å². The van der Waals surface area contributed by atoms with Crippen molar-refractivity contribution < 1.29 is 14.7 Å². The van der Waals surface area contributed by atoms with E-state index in [1.54, 1.807) is 12.3 Å². The van der Waals surface area contributed by atoms with Crippen molar-refractivity contribution in [3.63, 3.8) is 0 Å². The Balaban J connectivity index is 2.47. The van der Waals surface area contributed by atoms with E-state index in [1.165, 1.54) is 13.0 Å². The van der Waals surface area contributed by atoms with Gasteiger partial charge in [0.2, 0.25) is 5.91 Å². The Morgan fingerprint density at radius 2 is 2.16 bits per heavy atom. The number of nitrogens with one attached hydrogen (secondary N) is 2. The lowest BCUT2D eigenvalue weighted by atomic mass is 10.1. The molecule has 0 unspecified atom stereocenters. The smallest absolute Gasteiger partial charge is 0.352 e. The fourth-order valence-electron chi connectivity index (χ4n) is 1.86. The predicted molar refractivity (Wildman–Crippen MR) is 70.3 cm³/mol. The first-order valence-electron chi connectivity index (χ1n) is 5.63. The van der Waals surface area contributed by atoms with Gasteiger partial charge in [-0.3, -0.25) is 9.89 Å². The van der Waals surface area contributed by atoms with E-state index >= 15 is 0 Å². The minimum absolute atomic E-state index is 0.158. The largest absolute Gasteiger partial charge is 0.477 e. The van der Waals surface area contributed by atoms with Crippen LogP contribution in [0.25, 0.3) is 17.0 Å². The zero-order chi connectivity index (χ0) is 14.0. The van der Waals surface area contributed by atoms with Crippen LogP contribution in [0.15, 0.2) is 24.0 Å². The van der Waals surface area contributed by atoms with Crippen molar-refractivity contribution in [1.82, 2.24) is 15.5 Å². The minimum atomic E-state index is -1.18. The van der Waals surface area contributed by atoms with Crippen LogP contribution in [0.2, 0.25) is 0 Å². The summed E-state index contributed by atoms with van der Waals surface area (Å²) in [5.74, 6) is -1.60. The van der Waals surface area contributed by atoms with Crippen LogP contribution < -0.4 is 5.32 Å². The second-order valence-electron chi connectivity index (χ2n) is 4.22. The molecule has 3 N–H and O–H groups in total. The Morgan fingerprint density at radius 3 is 2.79 bits per heavy atom. The molecular weight excluding hydrogens is 246 g/mol. The third kappa shape index (κ3) is 2.79. The van der Waals surface area contributed by atoms with Crippen molar-refractivity contribution in [2.24, 2.45) is 0 Å². The van der Waals surface area contributed by atoms with Gasteiger partial charge in [-0.25, -0.2) is 4.79 Å². The molecule has 0 fully saturated rings. The second-order valence-corrected chi connectivity index (χ2v) is 4.22. The summed E-state index contributed by atoms with van der Waals surface area (Å²) in [6.07, 6.45) is 3.09. The molecule has 98 valence electrons. The molecule has 0 radical (unpaired) electrons. The van der Waals surface area contributed by atoms with Gasteiger partial charge in [0.15, 0.2) is 0 Å². The highest BCUT2D eigenvalue weighted by Gasteiger charge is 2.09. The van der Waals surface area contributed by atoms with E-state index in [0.717, 1.165) is 16.5 Å². The van der Waals surface area contributed by atoms with E-state index in [9.17, 15) is 9.59 Å². The van der Waals surface area contributed by atoms with E-state index in [-0.39, 0.29) is 5.70 Å². The highest BCUT2D eigenvalue weighted by atomic mass is 16.4. The fraction of sp³-hybridized carbons (Fsp3) is 0.154. The van der Waals surface area contributed by atoms with E-state index < -0.39 is 11.9 Å². The summed E-state index contributed by atoms with van der Waals surface area (Å²) in [6, 6.07) is 3.63. The van der Waals surface area contributed by atoms with Crippen molar-refractivity contribution in [3.05, 3.63) is 35.2 Å². The maximum Gasteiger partial charge on any atom is 0.352 e. The maximum atomic E-state index is 11.0. The highest BCUT2D eigenvalue weighted by Crippen LogP contribution is 2.19. The number of aromatic nitrogens is 2. The summed E-state index contributed by atoms with van der Waals surface area (Å²) in [4.78, 5) is 22.0. The van der Waals surface area contributed by atoms with Crippen LogP contribution in [0.3, 0.4) is 0 Å². The van der Waals surface area contributed by atoms with E-state index in [4.69, 9.17) is 5.11 Å². The summed E-state index contributed by atoms with van der Waals surface area (Å²) in [7, 11) is 0. The monoisotopic (exact) mass is 259 g/mol. The Hall–Kier alpha value is -2.63. The summed E-state index contributed by atoms with van der Waals surface area (Å²) in [5.41, 5.74) is 2.40. The van der Waals surface area contributed by atoms with Crippen LogP contribution in [0.1, 0.15) is 18.1 Å². The van der Waals surface area contributed by atoms with Crippen LogP contribution in [-0.2, 0) is 9.59 Å². The number of benzene rings is 1. The van der Waals surface area contributed by atoms with E-state index in [2.05, 4.69) is 15.5 Å². The number of carboxylic acid groups (broad SMARTS) is 1. The average Bonchev–Trinajstić information content (AvgIpc) is 2.76. The van der Waals surface area contributed by atoms with Crippen LogP contribution in [0.5, 0.6) is 0 Å². The van der Waals surface area contributed by atoms with Gasteiger partial charge in [0.25, 0.3) is 0 Å². The Bertz CT molecular complexity index is 685. The van der Waals surface area contributed by atoms with Gasteiger partial charge in [-0.2, -0.15) is 5.10 Å². The first kappa shape index (κ1) is 12.8. The van der Waals surface area contributed by atoms with Gasteiger partial charge in [0.1, 0.15) is 5.70 Å². The molecule has 6 heteroatoms. The van der Waals surface area contributed by atoms with Crippen molar-refractivity contribution in [2.45, 2.75) is 13.8 Å². The van der Waals surface area contributed by atoms with Gasteiger partial charge >= 0.3 is 5.97 Å². The number of hydrogen-bond donors (Lipinski definition) is 3. The molecule has 6 nitrogen and oxygen atoms in total. The number of H-pyrrole nitrogens is 1. The quantitative estimate of drug-likeness (QED) is 0.727. The number of aromatic amines is 1. The number of amides is 1. The third-order valence-corrected chi connectivity index (χ3v) is 2.62. The third-order valence-electron chi connectivity index (χ3n) is 2.62. The van der Waals surface area contributed by atoms with Crippen LogP contribution in [-0.4, -0.2) is 27.2 Å². The first-order chi connectivity index (χ1) is 8.97. The molecule has 1 aromatic heterocycles. The first-order valence-corrected chi connectivity index (χ1v) is 5.63. The number of carbonyl (C=O) groups excluding carboxylic acids is 1. The summed E-state index contributed by atoms with van der Waals surface area (Å²) >= 11 is 0. The van der Waals surface area contributed by atoms with Crippen LogP contribution >= 0.6 is 0 Å². The van der Waals surface area contributed by atoms with Crippen molar-refractivity contribution in [2.75, 3.05) is 0 Å². The molecule has 1 aromatic carbocycles. The molecule has 0 aliphatic heterocycles.